The molecule has 5 aliphatic carbocycles. The van der Waals surface area contributed by atoms with Gasteiger partial charge < -0.3 is 4.74 Å². The van der Waals surface area contributed by atoms with E-state index in [1.165, 1.54) is 0 Å². The molecule has 1 saturated heterocycles. The Bertz CT molecular complexity index is 1680. The second-order valence-corrected chi connectivity index (χ2v) is 18.6. The van der Waals surface area contributed by atoms with E-state index in [9.17, 15) is 9.59 Å². The smallest absolute Gasteiger partial charge is 0.313 e. The molecule has 5 heteroatoms. The molecule has 6 fully saturated rings. The predicted octanol–water partition coefficient (Wildman–Crippen LogP) is 9.82. The number of carbonyl (C=O) groups is 2. The number of halogens is 1. The van der Waals surface area contributed by atoms with Gasteiger partial charge in [-0.3, -0.25) is 14.6 Å². The van der Waals surface area contributed by atoms with Gasteiger partial charge in [-0.05, 0) is 115 Å². The molecule has 250 valence electrons. The monoisotopic (exact) mass is 637 g/mol. The van der Waals surface area contributed by atoms with Gasteiger partial charge in [-0.2, -0.15) is 0 Å². The maximum absolute atomic E-state index is 17.6. The molecule has 0 amide bonds. The molecule has 0 radical (unpaired) electrons. The number of hydrogen-bond acceptors (Lipinski definition) is 4. The van der Waals surface area contributed by atoms with Crippen LogP contribution in [0.4, 0.5) is 4.39 Å². The summed E-state index contributed by atoms with van der Waals surface area (Å²) in [6, 6.07) is 14.2. The number of ketones is 1. The van der Waals surface area contributed by atoms with E-state index in [1.807, 2.05) is 18.2 Å². The number of nitrogens with zero attached hydrogens (tertiary/aromatic N) is 1. The summed E-state index contributed by atoms with van der Waals surface area (Å²) in [5.74, 6) is 0.276. The van der Waals surface area contributed by atoms with Crippen molar-refractivity contribution in [2.24, 2.45) is 50.2 Å². The van der Waals surface area contributed by atoms with Crippen LogP contribution in [0.3, 0.4) is 0 Å². The molecular weight excluding hydrogens is 585 g/mol. The molecule has 9 atom stereocenters. The zero-order valence-electron chi connectivity index (χ0n) is 29.4. The summed E-state index contributed by atoms with van der Waals surface area (Å²) in [6.07, 6.45) is 9.91. The largest absolute Gasteiger partial charge is 0.455 e. The van der Waals surface area contributed by atoms with Gasteiger partial charge in [0.2, 0.25) is 0 Å². The first kappa shape index (κ1) is 31.4. The first-order valence-corrected chi connectivity index (χ1v) is 18.2. The fourth-order valence-electron chi connectivity index (χ4n) is 13.2. The zero-order valence-corrected chi connectivity index (χ0v) is 29.4. The molecule has 47 heavy (non-hydrogen) atoms. The van der Waals surface area contributed by atoms with Crippen molar-refractivity contribution >= 4 is 17.8 Å². The van der Waals surface area contributed by atoms with Gasteiger partial charge in [0, 0.05) is 28.5 Å². The number of pyridine rings is 1. The molecule has 1 aromatic carbocycles. The van der Waals surface area contributed by atoms with Crippen molar-refractivity contribution in [2.45, 2.75) is 118 Å². The van der Waals surface area contributed by atoms with Crippen molar-refractivity contribution in [2.75, 3.05) is 0 Å². The average Bonchev–Trinajstić information content (AvgIpc) is 3.21. The molecular formula is C42H52FNO3. The molecule has 2 heterocycles. The van der Waals surface area contributed by atoms with Crippen LogP contribution < -0.4 is 0 Å². The second kappa shape index (κ2) is 9.66. The van der Waals surface area contributed by atoms with Gasteiger partial charge in [-0.25, -0.2) is 4.39 Å². The molecule has 1 spiro atoms. The summed E-state index contributed by atoms with van der Waals surface area (Å²) in [6.45, 7) is 15.9. The summed E-state index contributed by atoms with van der Waals surface area (Å²) in [7, 11) is 0. The van der Waals surface area contributed by atoms with Crippen LogP contribution in [0.1, 0.15) is 112 Å². The molecule has 6 aliphatic rings. The molecule has 1 aromatic heterocycles. The van der Waals surface area contributed by atoms with Gasteiger partial charge >= 0.3 is 5.97 Å². The summed E-state index contributed by atoms with van der Waals surface area (Å²) >= 11 is 0. The predicted molar refractivity (Wildman–Crippen MR) is 183 cm³/mol. The number of rotatable bonds is 2. The fraction of sp³-hybridized carbons (Fsp3) is 0.643. The zero-order chi connectivity index (χ0) is 33.4. The molecule has 2 bridgehead atoms. The van der Waals surface area contributed by atoms with Crippen LogP contribution in [-0.4, -0.2) is 28.5 Å². The van der Waals surface area contributed by atoms with Crippen molar-refractivity contribution in [1.29, 1.82) is 0 Å². The van der Waals surface area contributed by atoms with E-state index in [1.54, 1.807) is 6.20 Å². The van der Waals surface area contributed by atoms with E-state index in [-0.39, 0.29) is 45.8 Å². The molecule has 5 saturated carbocycles. The van der Waals surface area contributed by atoms with Crippen LogP contribution in [0.5, 0.6) is 0 Å². The summed E-state index contributed by atoms with van der Waals surface area (Å²) in [4.78, 5) is 32.7. The first-order valence-electron chi connectivity index (χ1n) is 18.2. The number of hydrogen-bond donors (Lipinski definition) is 0. The Morgan fingerprint density at radius 3 is 2.28 bits per heavy atom. The van der Waals surface area contributed by atoms with E-state index < -0.39 is 28.0 Å². The van der Waals surface area contributed by atoms with Crippen LogP contribution in [0.15, 0.2) is 54.2 Å². The SMILES string of the molecule is CC1(C)CC[C@@]23CC[C@]4(C)[C@](OC2=O)([C@H](F)C[C@@H]2[C@@]5(C)C/C(=C\c6ccc(-c7ccccn7)cc6)C(=O)C(C)(C)[C@@H]5CC[C@]24C)[C@@H]3C1. The Kier molecular flexibility index (Phi) is 6.46. The molecule has 0 unspecified atom stereocenters. The Morgan fingerprint density at radius 2 is 1.57 bits per heavy atom. The molecule has 8 rings (SSSR count). The number of allylic oxidation sites excluding steroid dienone is 1. The lowest BCUT2D eigenvalue weighted by molar-refractivity contribution is -0.299. The maximum Gasteiger partial charge on any atom is 0.313 e. The van der Waals surface area contributed by atoms with E-state index in [4.69, 9.17) is 4.74 Å². The lowest BCUT2D eigenvalue weighted by Gasteiger charge is -2.74. The van der Waals surface area contributed by atoms with Gasteiger partial charge in [-0.15, -0.1) is 0 Å². The quantitative estimate of drug-likeness (QED) is 0.243. The van der Waals surface area contributed by atoms with E-state index in [0.717, 1.165) is 67.3 Å². The molecule has 1 aliphatic heterocycles. The highest BCUT2D eigenvalue weighted by Crippen LogP contribution is 2.81. The average molecular weight is 638 g/mol. The van der Waals surface area contributed by atoms with Gasteiger partial charge in [-0.1, -0.05) is 78.8 Å². The normalized spacial score (nSPS) is 45.3. The van der Waals surface area contributed by atoms with Crippen LogP contribution >= 0.6 is 0 Å². The van der Waals surface area contributed by atoms with E-state index in [0.29, 0.717) is 12.8 Å². The molecule has 4 nitrogen and oxygen atoms in total. The van der Waals surface area contributed by atoms with Gasteiger partial charge in [0.1, 0.15) is 6.17 Å². The number of fused-ring (bicyclic) bond motifs is 4. The van der Waals surface area contributed by atoms with Gasteiger partial charge in [0.25, 0.3) is 0 Å². The maximum atomic E-state index is 17.6. The number of Topliss-reactive ketones (excluding diaryl/α,β-unsaturated/α-hetero) is 1. The lowest BCUT2D eigenvalue weighted by atomic mass is 9.30. The number of carbonyl (C=O) groups excluding carboxylic acids is 2. The standard InChI is InChI=1S/C42H52FNO3/c1-36(2)17-19-41-20-18-40(7)39(6)16-15-30-37(3,4)34(45)28(22-26-11-13-27(14-12-26)29-10-8-9-21-44-29)24-38(30,5)31(39)23-33(43)42(40,32(41)25-36)47-35(41)46/h8-14,21-22,30-33H,15-20,23-25H2,1-7H3/b28-22+/t30-,31+,32+,33+,38-,39+,40-,41-,42+/m0/s1. The van der Waals surface area contributed by atoms with Crippen LogP contribution in [0, 0.1) is 50.2 Å². The Labute approximate surface area is 280 Å². The molecule has 2 aromatic rings. The third-order valence-electron chi connectivity index (χ3n) is 15.8. The summed E-state index contributed by atoms with van der Waals surface area (Å²) < 4.78 is 24.3. The Balaban J connectivity index is 1.19. The van der Waals surface area contributed by atoms with Gasteiger partial charge in [0.15, 0.2) is 11.4 Å². The minimum absolute atomic E-state index is 0.0672. The highest BCUT2D eigenvalue weighted by Gasteiger charge is 2.84. The summed E-state index contributed by atoms with van der Waals surface area (Å²) in [5.41, 5.74) is 0.802. The van der Waals surface area contributed by atoms with Crippen molar-refractivity contribution in [1.82, 2.24) is 4.98 Å². The third-order valence-corrected chi connectivity index (χ3v) is 15.8. The number of ether oxygens (including phenoxy) is 1. The fourth-order valence-corrected chi connectivity index (χ4v) is 13.2. The van der Waals surface area contributed by atoms with Crippen molar-refractivity contribution < 1.29 is 18.7 Å². The second-order valence-electron chi connectivity index (χ2n) is 18.6. The van der Waals surface area contributed by atoms with Gasteiger partial charge in [0.05, 0.1) is 11.1 Å². The third kappa shape index (κ3) is 3.83. The van der Waals surface area contributed by atoms with Crippen LogP contribution in [-0.2, 0) is 14.3 Å². The minimum atomic E-state index is -1.21. The Hall–Kier alpha value is -2.82. The lowest BCUT2D eigenvalue weighted by Crippen LogP contribution is -2.75. The van der Waals surface area contributed by atoms with Crippen molar-refractivity contribution in [3.05, 3.63) is 59.8 Å². The van der Waals surface area contributed by atoms with Crippen LogP contribution in [0.25, 0.3) is 17.3 Å². The van der Waals surface area contributed by atoms with E-state index in [2.05, 4.69) is 83.8 Å². The van der Waals surface area contributed by atoms with Crippen molar-refractivity contribution in [3.8, 4) is 11.3 Å². The number of esters is 1. The molecule has 0 N–H and O–H groups in total. The number of benzene rings is 1. The number of alkyl halides is 1. The van der Waals surface area contributed by atoms with E-state index >= 15 is 4.39 Å². The highest BCUT2D eigenvalue weighted by atomic mass is 19.1. The van der Waals surface area contributed by atoms with Crippen LogP contribution in [0.2, 0.25) is 0 Å². The Morgan fingerprint density at radius 1 is 0.851 bits per heavy atom. The summed E-state index contributed by atoms with van der Waals surface area (Å²) in [5, 5.41) is 0. The first-order chi connectivity index (χ1) is 22.0. The topological polar surface area (TPSA) is 56.3 Å². The number of aromatic nitrogens is 1. The highest BCUT2D eigenvalue weighted by molar-refractivity contribution is 6.04. The minimum Gasteiger partial charge on any atom is -0.455 e. The van der Waals surface area contributed by atoms with Crippen molar-refractivity contribution in [3.63, 3.8) is 0 Å².